The van der Waals surface area contributed by atoms with Crippen molar-refractivity contribution >= 4 is 27.5 Å². The van der Waals surface area contributed by atoms with Gasteiger partial charge in [-0.2, -0.15) is 0 Å². The molecule has 0 aliphatic rings. The first-order chi connectivity index (χ1) is 16.5. The molecule has 0 aromatic heterocycles. The van der Waals surface area contributed by atoms with E-state index < -0.39 is 16.1 Å². The number of hydrogen-bond acceptors (Lipinski definition) is 4. The summed E-state index contributed by atoms with van der Waals surface area (Å²) in [7, 11) is -3.50. The minimum Gasteiger partial charge on any atom is -0.354 e. The van der Waals surface area contributed by atoms with Gasteiger partial charge in [0.15, 0.2) is 0 Å². The van der Waals surface area contributed by atoms with Crippen LogP contribution in [0.25, 0.3) is 0 Å². The van der Waals surface area contributed by atoms with Gasteiger partial charge in [0.25, 0.3) is 0 Å². The maximum Gasteiger partial charge on any atom is 0.242 e. The molecule has 2 amide bonds. The number of para-hydroxylation sites is 1. The van der Waals surface area contributed by atoms with Crippen molar-refractivity contribution < 1.29 is 18.0 Å². The zero-order valence-corrected chi connectivity index (χ0v) is 22.3. The zero-order chi connectivity index (χ0) is 26.0. The molecule has 2 aromatic carbocycles. The van der Waals surface area contributed by atoms with Crippen LogP contribution in [0.1, 0.15) is 51.2 Å². The van der Waals surface area contributed by atoms with E-state index in [2.05, 4.69) is 5.32 Å². The number of rotatable bonds is 13. The van der Waals surface area contributed by atoms with E-state index in [-0.39, 0.29) is 24.8 Å². The second-order valence-electron chi connectivity index (χ2n) is 9.35. The van der Waals surface area contributed by atoms with Gasteiger partial charge in [-0.25, -0.2) is 8.42 Å². The Bertz CT molecular complexity index is 1070. The van der Waals surface area contributed by atoms with Gasteiger partial charge < -0.3 is 10.2 Å². The third-order valence-electron chi connectivity index (χ3n) is 5.70. The molecule has 0 saturated carbocycles. The molecule has 35 heavy (non-hydrogen) atoms. The maximum atomic E-state index is 13.4. The van der Waals surface area contributed by atoms with Gasteiger partial charge >= 0.3 is 0 Å². The van der Waals surface area contributed by atoms with E-state index in [1.54, 1.807) is 29.2 Å². The Hall–Kier alpha value is -2.87. The van der Waals surface area contributed by atoms with Crippen LogP contribution in [-0.2, 0) is 26.2 Å². The molecule has 8 heteroatoms. The molecule has 1 atom stereocenters. The topological polar surface area (TPSA) is 86.8 Å². The Balaban J connectivity index is 2.19. The number of nitrogens with zero attached hydrogens (tertiary/aromatic N) is 2. The van der Waals surface area contributed by atoms with Crippen LogP contribution in [0.15, 0.2) is 54.6 Å². The van der Waals surface area contributed by atoms with Crippen molar-refractivity contribution in [1.29, 1.82) is 0 Å². The maximum absolute atomic E-state index is 13.4. The highest BCUT2D eigenvalue weighted by Crippen LogP contribution is 2.19. The van der Waals surface area contributed by atoms with Crippen molar-refractivity contribution in [3.05, 3.63) is 65.7 Å². The molecule has 2 rings (SSSR count). The number of carbonyl (C=O) groups is 2. The smallest absolute Gasteiger partial charge is 0.242 e. The van der Waals surface area contributed by atoms with Crippen molar-refractivity contribution in [3.8, 4) is 0 Å². The monoisotopic (exact) mass is 501 g/mol. The molecule has 1 unspecified atom stereocenters. The lowest BCUT2D eigenvalue weighted by atomic mass is 10.1. The van der Waals surface area contributed by atoms with Gasteiger partial charge in [-0.1, -0.05) is 68.8 Å². The van der Waals surface area contributed by atoms with Crippen molar-refractivity contribution in [2.24, 2.45) is 5.92 Å². The summed E-state index contributed by atoms with van der Waals surface area (Å²) in [6.07, 6.45) is 2.13. The summed E-state index contributed by atoms with van der Waals surface area (Å²) in [5.41, 5.74) is 2.60. The molecule has 1 N–H and O–H groups in total. The molecule has 0 spiro atoms. The third-order valence-corrected chi connectivity index (χ3v) is 6.90. The second-order valence-corrected chi connectivity index (χ2v) is 11.3. The average Bonchev–Trinajstić information content (AvgIpc) is 2.80. The Morgan fingerprint density at radius 3 is 2.29 bits per heavy atom. The molecule has 192 valence electrons. The number of aryl methyl sites for hydroxylation is 1. The first kappa shape index (κ1) is 28.4. The van der Waals surface area contributed by atoms with E-state index in [1.807, 2.05) is 58.0 Å². The Morgan fingerprint density at radius 1 is 1.03 bits per heavy atom. The fourth-order valence-corrected chi connectivity index (χ4v) is 4.91. The number of hydrogen-bond donors (Lipinski definition) is 1. The molecule has 0 saturated heterocycles. The number of benzene rings is 2. The summed E-state index contributed by atoms with van der Waals surface area (Å²) in [5.74, 6) is -0.0267. The van der Waals surface area contributed by atoms with Crippen LogP contribution >= 0.6 is 0 Å². The largest absolute Gasteiger partial charge is 0.354 e. The fraction of sp³-hybridized carbons (Fsp3) is 0.481. The summed E-state index contributed by atoms with van der Waals surface area (Å²) in [6.45, 7) is 8.99. The summed E-state index contributed by atoms with van der Waals surface area (Å²) in [5, 5.41) is 2.96. The molecule has 7 nitrogen and oxygen atoms in total. The Morgan fingerprint density at radius 2 is 1.71 bits per heavy atom. The zero-order valence-electron chi connectivity index (χ0n) is 21.5. The average molecular weight is 502 g/mol. The molecular weight excluding hydrogens is 462 g/mol. The fourth-order valence-electron chi connectivity index (χ4n) is 3.95. The minimum atomic E-state index is -3.50. The van der Waals surface area contributed by atoms with E-state index in [4.69, 9.17) is 0 Å². The molecule has 0 aliphatic carbocycles. The van der Waals surface area contributed by atoms with E-state index >= 15 is 0 Å². The number of anilines is 1. The molecule has 0 fully saturated rings. The SMILES string of the molecule is CCC(C(=O)NCC(C)C)N(Cc1cccc(C)c1)C(=O)CCCN(c1ccccc1)S(C)(=O)=O. The molecular formula is C27H39N3O4S. The van der Waals surface area contributed by atoms with Crippen LogP contribution in [-0.4, -0.2) is 50.5 Å². The third kappa shape index (κ3) is 9.02. The van der Waals surface area contributed by atoms with Crippen LogP contribution in [0.5, 0.6) is 0 Å². The standard InChI is InChI=1S/C27H39N3O4S/c1-6-25(27(32)28-19-21(2)3)29(20-23-13-10-12-22(4)18-23)26(31)16-11-17-30(35(5,33)34)24-14-8-7-9-15-24/h7-10,12-15,18,21,25H,6,11,16-17,19-20H2,1-5H3,(H,28,32). The molecule has 0 heterocycles. The van der Waals surface area contributed by atoms with Gasteiger partial charge in [0.05, 0.1) is 11.9 Å². The van der Waals surface area contributed by atoms with Crippen LogP contribution in [0.4, 0.5) is 5.69 Å². The highest BCUT2D eigenvalue weighted by Gasteiger charge is 2.29. The highest BCUT2D eigenvalue weighted by atomic mass is 32.2. The Kier molecular flexibility index (Phi) is 10.8. The number of amides is 2. The van der Waals surface area contributed by atoms with Gasteiger partial charge in [-0.05, 0) is 43.4 Å². The Labute approximate surface area is 210 Å². The number of nitrogens with one attached hydrogen (secondary N) is 1. The van der Waals surface area contributed by atoms with E-state index in [0.717, 1.165) is 17.4 Å². The highest BCUT2D eigenvalue weighted by molar-refractivity contribution is 7.92. The quantitative estimate of drug-likeness (QED) is 0.447. The lowest BCUT2D eigenvalue weighted by Crippen LogP contribution is -2.49. The van der Waals surface area contributed by atoms with Gasteiger partial charge in [0.2, 0.25) is 21.8 Å². The first-order valence-electron chi connectivity index (χ1n) is 12.2. The van der Waals surface area contributed by atoms with Gasteiger partial charge in [0, 0.05) is 26.1 Å². The second kappa shape index (κ2) is 13.3. The van der Waals surface area contributed by atoms with Crippen LogP contribution < -0.4 is 9.62 Å². The van der Waals surface area contributed by atoms with Crippen molar-refractivity contribution in [1.82, 2.24) is 10.2 Å². The van der Waals surface area contributed by atoms with Gasteiger partial charge in [-0.3, -0.25) is 13.9 Å². The van der Waals surface area contributed by atoms with Crippen molar-refractivity contribution in [2.45, 2.75) is 59.5 Å². The minimum absolute atomic E-state index is 0.138. The summed E-state index contributed by atoms with van der Waals surface area (Å²) in [4.78, 5) is 28.0. The van der Waals surface area contributed by atoms with Crippen LogP contribution in [0.3, 0.4) is 0 Å². The number of carbonyl (C=O) groups excluding carboxylic acids is 2. The van der Waals surface area contributed by atoms with Crippen LogP contribution in [0.2, 0.25) is 0 Å². The van der Waals surface area contributed by atoms with Crippen molar-refractivity contribution in [2.75, 3.05) is 23.7 Å². The number of sulfonamides is 1. The van der Waals surface area contributed by atoms with Crippen LogP contribution in [0, 0.1) is 12.8 Å². The lowest BCUT2D eigenvalue weighted by Gasteiger charge is -2.31. The predicted octanol–water partition coefficient (Wildman–Crippen LogP) is 4.12. The van der Waals surface area contributed by atoms with E-state index in [0.29, 0.717) is 37.5 Å². The molecule has 0 radical (unpaired) electrons. The summed E-state index contributed by atoms with van der Waals surface area (Å²) >= 11 is 0. The lowest BCUT2D eigenvalue weighted by molar-refractivity contribution is -0.141. The predicted molar refractivity (Wildman–Crippen MR) is 142 cm³/mol. The van der Waals surface area contributed by atoms with E-state index in [1.165, 1.54) is 4.31 Å². The van der Waals surface area contributed by atoms with Gasteiger partial charge in [-0.15, -0.1) is 0 Å². The molecule has 0 aliphatic heterocycles. The van der Waals surface area contributed by atoms with E-state index in [9.17, 15) is 18.0 Å². The van der Waals surface area contributed by atoms with Crippen molar-refractivity contribution in [3.63, 3.8) is 0 Å². The first-order valence-corrected chi connectivity index (χ1v) is 14.0. The normalized spacial score (nSPS) is 12.3. The van der Waals surface area contributed by atoms with Gasteiger partial charge in [0.1, 0.15) is 6.04 Å². The summed E-state index contributed by atoms with van der Waals surface area (Å²) < 4.78 is 26.0. The molecule has 2 aromatic rings. The molecule has 0 bridgehead atoms. The summed E-state index contributed by atoms with van der Waals surface area (Å²) in [6, 6.07) is 16.2.